The first-order chi connectivity index (χ1) is 27.1. The highest BCUT2D eigenvalue weighted by atomic mass is 33.1. The molecule has 0 saturated carbocycles. The van der Waals surface area contributed by atoms with Crippen LogP contribution in [0.3, 0.4) is 0 Å². The standard InChI is InChI=1S/C36H78N10O5S4/c1-2-26-49-33-42-24-30-54-55-31-25-44-35(48)32-50-36(11-5-17-41-19-7-14-38)45-22-9-21-43-34(47)12-29-53-52-28-10-27-51-46-23-8-20-40-16-4-3-15-39-18-6-13-37/h33,36,39-41,45-46H,2-32,37-38H2,1H3,(H,43,47)(H,44,48). The first-order valence-corrected chi connectivity index (χ1v) is 25.5. The Hall–Kier alpha value is -0.550. The molecule has 15 nitrogen and oxygen atoms in total. The summed E-state index contributed by atoms with van der Waals surface area (Å²) in [6, 6.07) is 0. The second-order valence-corrected chi connectivity index (χ2v) is 18.0. The van der Waals surface area contributed by atoms with E-state index in [1.807, 2.05) is 0 Å². The molecule has 1 unspecified atom stereocenters. The van der Waals surface area contributed by atoms with Crippen LogP contribution in [0.4, 0.5) is 0 Å². The van der Waals surface area contributed by atoms with Gasteiger partial charge in [-0.3, -0.25) is 19.9 Å². The number of nitrogens with zero attached hydrogens (tertiary/aromatic N) is 1. The van der Waals surface area contributed by atoms with Crippen molar-refractivity contribution >= 4 is 61.4 Å². The fraction of sp³-hybridized carbons (Fsp3) is 0.917. The number of hydrogen-bond donors (Lipinski definition) is 9. The second-order valence-electron chi connectivity index (χ2n) is 12.6. The van der Waals surface area contributed by atoms with Gasteiger partial charge < -0.3 is 52.4 Å². The molecule has 0 spiro atoms. The number of nitrogens with two attached hydrogens (primary N) is 2. The van der Waals surface area contributed by atoms with Crippen LogP contribution in [0.2, 0.25) is 0 Å². The van der Waals surface area contributed by atoms with Gasteiger partial charge in [0.25, 0.3) is 0 Å². The number of ether oxygens (including phenoxy) is 2. The monoisotopic (exact) mass is 859 g/mol. The van der Waals surface area contributed by atoms with E-state index in [1.165, 1.54) is 19.2 Å². The highest BCUT2D eigenvalue weighted by Gasteiger charge is 2.11. The van der Waals surface area contributed by atoms with E-state index >= 15 is 0 Å². The molecule has 0 aromatic heterocycles. The van der Waals surface area contributed by atoms with E-state index in [4.69, 9.17) is 25.8 Å². The predicted molar refractivity (Wildman–Crippen MR) is 240 cm³/mol. The van der Waals surface area contributed by atoms with Gasteiger partial charge in [-0.15, -0.1) is 0 Å². The van der Waals surface area contributed by atoms with Crippen LogP contribution < -0.4 is 48.8 Å². The molecular weight excluding hydrogens is 781 g/mol. The fourth-order valence-electron chi connectivity index (χ4n) is 4.47. The first kappa shape index (κ1) is 54.5. The molecule has 0 fully saturated rings. The number of unbranched alkanes of at least 4 members (excludes halogenated alkanes) is 1. The summed E-state index contributed by atoms with van der Waals surface area (Å²) in [5.74, 6) is 3.43. The number of rotatable bonds is 46. The lowest BCUT2D eigenvalue weighted by atomic mass is 10.2. The SMILES string of the molecule is CCCOC=NCCSSCCNC(=O)COC(CCCNCCCN)NCCCNC(=O)CCSSCCCONCCCNCCCCNCCCN. The minimum Gasteiger partial charge on any atom is -0.484 e. The van der Waals surface area contributed by atoms with Crippen molar-refractivity contribution in [3.63, 3.8) is 0 Å². The second kappa shape index (κ2) is 47.8. The largest absolute Gasteiger partial charge is 0.484 e. The lowest BCUT2D eigenvalue weighted by Crippen LogP contribution is -2.38. The van der Waals surface area contributed by atoms with Crippen molar-refractivity contribution in [3.05, 3.63) is 0 Å². The van der Waals surface area contributed by atoms with Crippen molar-refractivity contribution in [2.45, 2.75) is 83.8 Å². The molecule has 0 bridgehead atoms. The molecule has 11 N–H and O–H groups in total. The van der Waals surface area contributed by atoms with Gasteiger partial charge in [-0.05, 0) is 123 Å². The van der Waals surface area contributed by atoms with Crippen LogP contribution in [0.5, 0.6) is 0 Å². The molecule has 326 valence electrons. The molecule has 0 aliphatic heterocycles. The molecule has 0 heterocycles. The minimum absolute atomic E-state index is 0.00674. The average Bonchev–Trinajstić information content (AvgIpc) is 3.19. The molecule has 0 aromatic rings. The Kier molecular flexibility index (Phi) is 47.3. The molecule has 2 amide bonds. The highest BCUT2D eigenvalue weighted by Crippen LogP contribution is 2.22. The van der Waals surface area contributed by atoms with Crippen LogP contribution in [0.25, 0.3) is 0 Å². The van der Waals surface area contributed by atoms with Gasteiger partial charge in [0.1, 0.15) is 12.8 Å². The molecule has 0 aliphatic rings. The van der Waals surface area contributed by atoms with Gasteiger partial charge in [0, 0.05) is 49.1 Å². The summed E-state index contributed by atoms with van der Waals surface area (Å²) in [6.07, 6.45) is 11.6. The lowest BCUT2D eigenvalue weighted by Gasteiger charge is -2.20. The zero-order valence-electron chi connectivity index (χ0n) is 33.9. The zero-order chi connectivity index (χ0) is 40.0. The quantitative estimate of drug-likeness (QED) is 0.0108. The number of carbonyl (C=O) groups is 2. The number of nitrogens with one attached hydrogen (secondary N) is 7. The van der Waals surface area contributed by atoms with Crippen molar-refractivity contribution in [2.24, 2.45) is 16.5 Å². The predicted octanol–water partition coefficient (Wildman–Crippen LogP) is 2.48. The summed E-state index contributed by atoms with van der Waals surface area (Å²) in [5, 5.41) is 19.6. The number of hydroxylamine groups is 1. The normalized spacial score (nSPS) is 12.1. The third-order valence-electron chi connectivity index (χ3n) is 7.43. The molecule has 0 aliphatic carbocycles. The van der Waals surface area contributed by atoms with Gasteiger partial charge in [0.15, 0.2) is 6.40 Å². The van der Waals surface area contributed by atoms with Crippen LogP contribution in [0, 0.1) is 0 Å². The Morgan fingerprint density at radius 2 is 1.29 bits per heavy atom. The maximum absolute atomic E-state index is 12.4. The van der Waals surface area contributed by atoms with Crippen LogP contribution in [-0.2, 0) is 23.9 Å². The van der Waals surface area contributed by atoms with Crippen LogP contribution in [-0.4, -0.2) is 152 Å². The van der Waals surface area contributed by atoms with E-state index in [0.717, 1.165) is 133 Å². The summed E-state index contributed by atoms with van der Waals surface area (Å²) in [5.41, 5.74) is 14.1. The molecular formula is C36H78N10O5S4. The third-order valence-corrected chi connectivity index (χ3v) is 12.3. The number of amides is 2. The number of hydrogen-bond acceptors (Lipinski definition) is 17. The van der Waals surface area contributed by atoms with Gasteiger partial charge in [-0.1, -0.05) is 50.1 Å². The van der Waals surface area contributed by atoms with Gasteiger partial charge >= 0.3 is 0 Å². The molecule has 1 atom stereocenters. The van der Waals surface area contributed by atoms with Crippen molar-refractivity contribution in [1.29, 1.82) is 0 Å². The summed E-state index contributed by atoms with van der Waals surface area (Å²) in [4.78, 5) is 34.4. The molecule has 0 radical (unpaired) electrons. The van der Waals surface area contributed by atoms with Gasteiger partial charge in [0.05, 0.1) is 19.8 Å². The molecule has 55 heavy (non-hydrogen) atoms. The summed E-state index contributed by atoms with van der Waals surface area (Å²) in [6.45, 7) is 14.2. The highest BCUT2D eigenvalue weighted by molar-refractivity contribution is 8.77. The third kappa shape index (κ3) is 46.0. The van der Waals surface area contributed by atoms with Crippen LogP contribution in [0.15, 0.2) is 4.99 Å². The Labute approximate surface area is 349 Å². The van der Waals surface area contributed by atoms with E-state index in [-0.39, 0.29) is 24.6 Å². The van der Waals surface area contributed by atoms with Crippen molar-refractivity contribution in [2.75, 3.05) is 128 Å². The molecule has 0 saturated heterocycles. The van der Waals surface area contributed by atoms with E-state index in [1.54, 1.807) is 43.2 Å². The smallest absolute Gasteiger partial charge is 0.246 e. The Bertz CT molecular complexity index is 850. The first-order valence-electron chi connectivity index (χ1n) is 20.5. The van der Waals surface area contributed by atoms with Crippen molar-refractivity contribution in [1.82, 2.24) is 37.4 Å². The van der Waals surface area contributed by atoms with E-state index in [0.29, 0.717) is 45.8 Å². The van der Waals surface area contributed by atoms with E-state index < -0.39 is 0 Å². The summed E-state index contributed by atoms with van der Waals surface area (Å²) < 4.78 is 11.2. The lowest BCUT2D eigenvalue weighted by molar-refractivity contribution is -0.128. The topological polar surface area (TPSA) is 210 Å². The number of carbonyl (C=O) groups excluding carboxylic acids is 2. The maximum Gasteiger partial charge on any atom is 0.246 e. The molecule has 0 aromatic carbocycles. The Morgan fingerprint density at radius 1 is 0.655 bits per heavy atom. The average molecular weight is 859 g/mol. The number of aliphatic imine (C=N–C) groups is 1. The minimum atomic E-state index is -0.235. The maximum atomic E-state index is 12.4. The van der Waals surface area contributed by atoms with Crippen LogP contribution >= 0.6 is 43.2 Å². The Balaban J connectivity index is 3.82. The zero-order valence-corrected chi connectivity index (χ0v) is 37.1. The Morgan fingerprint density at radius 3 is 2.04 bits per heavy atom. The summed E-state index contributed by atoms with van der Waals surface area (Å²) in [7, 11) is 6.96. The van der Waals surface area contributed by atoms with Gasteiger partial charge in [0.2, 0.25) is 11.8 Å². The molecule has 19 heteroatoms. The fourth-order valence-corrected chi connectivity index (χ4v) is 8.30. The molecule has 0 rings (SSSR count). The summed E-state index contributed by atoms with van der Waals surface area (Å²) >= 11 is 0. The van der Waals surface area contributed by atoms with E-state index in [2.05, 4.69) is 49.3 Å². The van der Waals surface area contributed by atoms with Gasteiger partial charge in [-0.25, -0.2) is 5.48 Å². The van der Waals surface area contributed by atoms with Crippen molar-refractivity contribution < 1.29 is 23.9 Å². The van der Waals surface area contributed by atoms with Crippen LogP contribution in [0.1, 0.15) is 77.6 Å². The van der Waals surface area contributed by atoms with Crippen molar-refractivity contribution in [3.8, 4) is 0 Å². The van der Waals surface area contributed by atoms with E-state index in [9.17, 15) is 9.59 Å². The van der Waals surface area contributed by atoms with Gasteiger partial charge in [-0.2, -0.15) is 0 Å².